The molecule has 1 saturated carbocycles. The van der Waals surface area contributed by atoms with E-state index in [0.29, 0.717) is 12.0 Å². The van der Waals surface area contributed by atoms with E-state index in [4.69, 9.17) is 4.74 Å². The molecule has 20 heavy (non-hydrogen) atoms. The molecule has 0 bridgehead atoms. The molecule has 1 aliphatic carbocycles. The largest absolute Gasteiger partial charge is 0.376 e. The third kappa shape index (κ3) is 2.61. The first-order valence-corrected chi connectivity index (χ1v) is 7.04. The molecule has 110 valence electrons. The molecule has 1 atom stereocenters. The summed E-state index contributed by atoms with van der Waals surface area (Å²) in [6.45, 7) is 1.15. The molecule has 0 aromatic carbocycles. The van der Waals surface area contributed by atoms with E-state index in [2.05, 4.69) is 4.98 Å². The SMILES string of the molecule is O=c1cc(C(F)F)ncn1CC1CCC2(CCC2)CO1. The highest BCUT2D eigenvalue weighted by atomic mass is 19.3. The Morgan fingerprint density at radius 3 is 2.75 bits per heavy atom. The number of ether oxygens (including phenoxy) is 1. The van der Waals surface area contributed by atoms with Crippen LogP contribution in [0.25, 0.3) is 0 Å². The molecule has 1 aromatic rings. The molecule has 2 aliphatic rings. The summed E-state index contributed by atoms with van der Waals surface area (Å²) in [7, 11) is 0. The minimum Gasteiger partial charge on any atom is -0.376 e. The highest BCUT2D eigenvalue weighted by molar-refractivity contribution is 5.01. The molecule has 1 unspecified atom stereocenters. The molecule has 1 aliphatic heterocycles. The molecule has 6 heteroatoms. The minimum absolute atomic E-state index is 0.0156. The van der Waals surface area contributed by atoms with Gasteiger partial charge in [-0.15, -0.1) is 0 Å². The van der Waals surface area contributed by atoms with Gasteiger partial charge in [0.15, 0.2) is 0 Å². The summed E-state index contributed by atoms with van der Waals surface area (Å²) < 4.78 is 32.1. The topological polar surface area (TPSA) is 44.1 Å². The molecule has 0 amide bonds. The summed E-state index contributed by atoms with van der Waals surface area (Å²) in [6, 6.07) is 0.904. The number of aromatic nitrogens is 2. The van der Waals surface area contributed by atoms with Crippen LogP contribution >= 0.6 is 0 Å². The highest BCUT2D eigenvalue weighted by Crippen LogP contribution is 2.47. The Hall–Kier alpha value is -1.30. The van der Waals surface area contributed by atoms with Gasteiger partial charge in [-0.1, -0.05) is 6.42 Å². The van der Waals surface area contributed by atoms with E-state index in [0.717, 1.165) is 25.5 Å². The summed E-state index contributed by atoms with van der Waals surface area (Å²) in [4.78, 5) is 15.4. The van der Waals surface area contributed by atoms with Crippen molar-refractivity contribution in [1.29, 1.82) is 0 Å². The summed E-state index contributed by atoms with van der Waals surface area (Å²) in [6.07, 6.45) is 4.29. The smallest absolute Gasteiger partial charge is 0.280 e. The van der Waals surface area contributed by atoms with Crippen molar-refractivity contribution in [3.63, 3.8) is 0 Å². The van der Waals surface area contributed by atoms with Crippen molar-refractivity contribution in [3.05, 3.63) is 28.4 Å². The van der Waals surface area contributed by atoms with Crippen molar-refractivity contribution >= 4 is 0 Å². The number of hydrogen-bond acceptors (Lipinski definition) is 3. The predicted molar refractivity (Wildman–Crippen MR) is 68.7 cm³/mol. The first-order valence-electron chi connectivity index (χ1n) is 7.04. The number of alkyl halides is 2. The van der Waals surface area contributed by atoms with Crippen LogP contribution < -0.4 is 5.56 Å². The third-order valence-electron chi connectivity index (χ3n) is 4.56. The standard InChI is InChI=1S/C14H18F2N2O2/c15-13(16)11-6-12(19)18(9-17-11)7-10-2-5-14(8-20-10)3-1-4-14/h6,9-10,13H,1-5,7-8H2. The van der Waals surface area contributed by atoms with E-state index >= 15 is 0 Å². The van der Waals surface area contributed by atoms with Crippen molar-refractivity contribution in [2.75, 3.05) is 6.61 Å². The fourth-order valence-corrected chi connectivity index (χ4v) is 3.05. The van der Waals surface area contributed by atoms with Crippen molar-refractivity contribution in [2.45, 2.75) is 51.2 Å². The fraction of sp³-hybridized carbons (Fsp3) is 0.714. The van der Waals surface area contributed by atoms with E-state index in [-0.39, 0.29) is 6.10 Å². The molecule has 1 spiro atoms. The Morgan fingerprint density at radius 2 is 2.25 bits per heavy atom. The summed E-state index contributed by atoms with van der Waals surface area (Å²) in [5.41, 5.74) is -0.522. The van der Waals surface area contributed by atoms with Gasteiger partial charge in [-0.05, 0) is 31.1 Å². The molecule has 0 N–H and O–H groups in total. The van der Waals surface area contributed by atoms with E-state index in [9.17, 15) is 13.6 Å². The van der Waals surface area contributed by atoms with Crippen LogP contribution in [0.2, 0.25) is 0 Å². The second kappa shape index (κ2) is 5.24. The van der Waals surface area contributed by atoms with Gasteiger partial charge in [0.25, 0.3) is 12.0 Å². The molecule has 4 nitrogen and oxygen atoms in total. The molecule has 2 heterocycles. The normalized spacial score (nSPS) is 24.9. The summed E-state index contributed by atoms with van der Waals surface area (Å²) >= 11 is 0. The Morgan fingerprint density at radius 1 is 1.45 bits per heavy atom. The van der Waals surface area contributed by atoms with E-state index in [1.54, 1.807) is 0 Å². The second-order valence-corrected chi connectivity index (χ2v) is 5.93. The van der Waals surface area contributed by atoms with Gasteiger partial charge in [0.1, 0.15) is 5.69 Å². The van der Waals surface area contributed by atoms with Crippen molar-refractivity contribution in [1.82, 2.24) is 9.55 Å². The molecule has 3 rings (SSSR count). The van der Waals surface area contributed by atoms with Gasteiger partial charge in [0.05, 0.1) is 25.6 Å². The van der Waals surface area contributed by atoms with E-state index < -0.39 is 17.7 Å². The van der Waals surface area contributed by atoms with Gasteiger partial charge in [0, 0.05) is 6.07 Å². The minimum atomic E-state index is -2.71. The van der Waals surface area contributed by atoms with Crippen LogP contribution in [0.15, 0.2) is 17.2 Å². The van der Waals surface area contributed by atoms with Crippen molar-refractivity contribution in [3.8, 4) is 0 Å². The first-order chi connectivity index (χ1) is 9.58. The predicted octanol–water partition coefficient (Wildman–Crippen LogP) is 2.53. The molecule has 1 aromatic heterocycles. The quantitative estimate of drug-likeness (QED) is 0.856. The summed E-state index contributed by atoms with van der Waals surface area (Å²) in [5.74, 6) is 0. The zero-order valence-electron chi connectivity index (χ0n) is 11.2. The van der Waals surface area contributed by atoms with Crippen LogP contribution in [0, 0.1) is 5.41 Å². The van der Waals surface area contributed by atoms with Crippen molar-refractivity contribution in [2.24, 2.45) is 5.41 Å². The lowest BCUT2D eigenvalue weighted by molar-refractivity contribution is -0.101. The lowest BCUT2D eigenvalue weighted by Gasteiger charge is -2.46. The molecule has 0 radical (unpaired) electrons. The van der Waals surface area contributed by atoms with Gasteiger partial charge in [0.2, 0.25) is 0 Å². The Balaban J connectivity index is 1.62. The van der Waals surface area contributed by atoms with Crippen LogP contribution in [0.3, 0.4) is 0 Å². The van der Waals surface area contributed by atoms with Gasteiger partial charge < -0.3 is 4.74 Å². The monoisotopic (exact) mass is 284 g/mol. The highest BCUT2D eigenvalue weighted by Gasteiger charge is 2.40. The average Bonchev–Trinajstić information content (AvgIpc) is 2.40. The third-order valence-corrected chi connectivity index (χ3v) is 4.56. The lowest BCUT2D eigenvalue weighted by atomic mass is 9.65. The maximum absolute atomic E-state index is 12.4. The second-order valence-electron chi connectivity index (χ2n) is 5.93. The Bertz CT molecular complexity index is 530. The van der Waals surface area contributed by atoms with Crippen LogP contribution in [-0.2, 0) is 11.3 Å². The molecular formula is C14H18F2N2O2. The molecule has 2 fully saturated rings. The molecule has 1 saturated heterocycles. The van der Waals surface area contributed by atoms with Gasteiger partial charge in [-0.25, -0.2) is 13.8 Å². The zero-order chi connectivity index (χ0) is 14.2. The van der Waals surface area contributed by atoms with Crippen molar-refractivity contribution < 1.29 is 13.5 Å². The van der Waals surface area contributed by atoms with Gasteiger partial charge in [-0.3, -0.25) is 9.36 Å². The number of hydrogen-bond donors (Lipinski definition) is 0. The van der Waals surface area contributed by atoms with Crippen LogP contribution in [0.5, 0.6) is 0 Å². The van der Waals surface area contributed by atoms with Crippen LogP contribution in [-0.4, -0.2) is 22.3 Å². The van der Waals surface area contributed by atoms with E-state index in [1.807, 2.05) is 0 Å². The average molecular weight is 284 g/mol. The summed E-state index contributed by atoms with van der Waals surface area (Å²) in [5, 5.41) is 0. The number of rotatable bonds is 3. The maximum Gasteiger partial charge on any atom is 0.280 e. The fourth-order valence-electron chi connectivity index (χ4n) is 3.05. The lowest BCUT2D eigenvalue weighted by Crippen LogP contribution is -2.42. The Kier molecular flexibility index (Phi) is 3.58. The first kappa shape index (κ1) is 13.7. The number of nitrogens with zero attached hydrogens (tertiary/aromatic N) is 2. The molecular weight excluding hydrogens is 266 g/mol. The van der Waals surface area contributed by atoms with Gasteiger partial charge in [-0.2, -0.15) is 0 Å². The van der Waals surface area contributed by atoms with Crippen LogP contribution in [0.4, 0.5) is 8.78 Å². The van der Waals surface area contributed by atoms with E-state index in [1.165, 1.54) is 30.2 Å². The van der Waals surface area contributed by atoms with Crippen LogP contribution in [0.1, 0.15) is 44.2 Å². The zero-order valence-corrected chi connectivity index (χ0v) is 11.2. The Labute approximate surface area is 115 Å². The van der Waals surface area contributed by atoms with Gasteiger partial charge >= 0.3 is 0 Å². The number of halogens is 2. The maximum atomic E-state index is 12.4.